The van der Waals surface area contributed by atoms with Gasteiger partial charge in [0.25, 0.3) is 5.56 Å². The smallest absolute Gasteiger partial charge is 0.267 e. The third-order valence-corrected chi connectivity index (χ3v) is 5.41. The van der Waals surface area contributed by atoms with Gasteiger partial charge in [-0.25, -0.2) is 4.68 Å². The van der Waals surface area contributed by atoms with E-state index in [-0.39, 0.29) is 11.6 Å². The van der Waals surface area contributed by atoms with Crippen LogP contribution in [0.5, 0.6) is 0 Å². The van der Waals surface area contributed by atoms with Gasteiger partial charge < -0.3 is 0 Å². The van der Waals surface area contributed by atoms with E-state index in [9.17, 15) is 9.59 Å². The Kier molecular flexibility index (Phi) is 4.89. The van der Waals surface area contributed by atoms with Crippen molar-refractivity contribution in [1.29, 1.82) is 0 Å². The van der Waals surface area contributed by atoms with Crippen LogP contribution in [0.3, 0.4) is 0 Å². The van der Waals surface area contributed by atoms with Crippen molar-refractivity contribution in [1.82, 2.24) is 9.78 Å². The molecular weight excluding hydrogens is 312 g/mol. The number of carbonyl (C=O) groups is 1. The Balaban J connectivity index is 1.86. The number of rotatable bonds is 3. The van der Waals surface area contributed by atoms with Crippen molar-refractivity contribution in [3.8, 4) is 11.3 Å². The van der Waals surface area contributed by atoms with Crippen LogP contribution < -0.4 is 5.56 Å². The normalized spacial score (nSPS) is 21.1. The highest BCUT2D eigenvalue weighted by Gasteiger charge is 2.31. The minimum absolute atomic E-state index is 0.0468. The molecule has 4 heteroatoms. The Bertz CT molecular complexity index is 809. The molecule has 0 bridgehead atoms. The third-order valence-electron chi connectivity index (χ3n) is 5.41. The largest absolute Gasteiger partial charge is 0.298 e. The fourth-order valence-corrected chi connectivity index (χ4v) is 3.80. The maximum absolute atomic E-state index is 12.3. The first-order chi connectivity index (χ1) is 11.9. The van der Waals surface area contributed by atoms with Crippen molar-refractivity contribution < 1.29 is 4.79 Å². The van der Waals surface area contributed by atoms with E-state index in [4.69, 9.17) is 0 Å². The van der Waals surface area contributed by atoms with E-state index < -0.39 is 0 Å². The summed E-state index contributed by atoms with van der Waals surface area (Å²) in [6.07, 6.45) is 5.08. The van der Waals surface area contributed by atoms with Gasteiger partial charge >= 0.3 is 0 Å². The summed E-state index contributed by atoms with van der Waals surface area (Å²) in [5.74, 6) is 0.701. The molecule has 1 aliphatic carbocycles. The van der Waals surface area contributed by atoms with Crippen LogP contribution in [0.1, 0.15) is 62.9 Å². The van der Waals surface area contributed by atoms with Gasteiger partial charge in [0.1, 0.15) is 6.29 Å². The van der Waals surface area contributed by atoms with E-state index in [0.717, 1.165) is 43.2 Å². The molecular formula is C21H26N2O2. The monoisotopic (exact) mass is 338 g/mol. The van der Waals surface area contributed by atoms with Crippen LogP contribution in [-0.2, 0) is 0 Å². The van der Waals surface area contributed by atoms with E-state index in [1.807, 2.05) is 12.1 Å². The van der Waals surface area contributed by atoms with Gasteiger partial charge in [0.15, 0.2) is 0 Å². The highest BCUT2D eigenvalue weighted by molar-refractivity contribution is 5.78. The van der Waals surface area contributed by atoms with E-state index in [1.165, 1.54) is 0 Å². The van der Waals surface area contributed by atoms with Gasteiger partial charge in [-0.2, -0.15) is 5.10 Å². The number of hydrogen-bond donors (Lipinski definition) is 0. The number of nitrogens with zero attached hydrogens (tertiary/aromatic N) is 2. The second-order valence-corrected chi connectivity index (χ2v) is 8.12. The second-order valence-electron chi connectivity index (χ2n) is 8.12. The highest BCUT2D eigenvalue weighted by Crippen LogP contribution is 2.40. The Morgan fingerprint density at radius 2 is 1.80 bits per heavy atom. The van der Waals surface area contributed by atoms with Crippen LogP contribution in [0.4, 0.5) is 0 Å². The van der Waals surface area contributed by atoms with Gasteiger partial charge in [0, 0.05) is 17.2 Å². The molecule has 1 aromatic heterocycles. The number of benzene rings is 1. The molecule has 2 aromatic rings. The Hall–Kier alpha value is -2.23. The average Bonchev–Trinajstić information content (AvgIpc) is 2.61. The van der Waals surface area contributed by atoms with Gasteiger partial charge in [-0.05, 0) is 49.1 Å². The molecule has 0 saturated heterocycles. The lowest BCUT2D eigenvalue weighted by Gasteiger charge is -2.37. The Morgan fingerprint density at radius 3 is 2.44 bits per heavy atom. The maximum atomic E-state index is 12.3. The van der Waals surface area contributed by atoms with Crippen molar-refractivity contribution in [2.75, 3.05) is 0 Å². The first-order valence-electron chi connectivity index (χ1n) is 9.04. The van der Waals surface area contributed by atoms with Crippen molar-refractivity contribution >= 4 is 6.29 Å². The molecule has 1 fully saturated rings. The maximum Gasteiger partial charge on any atom is 0.267 e. The molecule has 0 atom stereocenters. The molecule has 1 saturated carbocycles. The Labute approximate surface area is 148 Å². The minimum Gasteiger partial charge on any atom is -0.298 e. The second kappa shape index (κ2) is 6.95. The fourth-order valence-electron chi connectivity index (χ4n) is 3.80. The predicted molar refractivity (Wildman–Crippen MR) is 99.8 cm³/mol. The van der Waals surface area contributed by atoms with Gasteiger partial charge in [0.05, 0.1) is 11.7 Å². The average molecular weight is 338 g/mol. The molecule has 0 unspecified atom stereocenters. The predicted octanol–water partition coefficient (Wildman–Crippen LogP) is 4.50. The zero-order valence-corrected chi connectivity index (χ0v) is 15.2. The minimum atomic E-state index is -0.0468. The van der Waals surface area contributed by atoms with E-state index in [1.54, 1.807) is 28.9 Å². The lowest BCUT2D eigenvalue weighted by atomic mass is 9.71. The van der Waals surface area contributed by atoms with Crippen LogP contribution in [0, 0.1) is 11.3 Å². The molecule has 0 amide bonds. The topological polar surface area (TPSA) is 52.0 Å². The Morgan fingerprint density at radius 1 is 1.08 bits per heavy atom. The molecule has 1 aromatic carbocycles. The molecule has 4 nitrogen and oxygen atoms in total. The quantitative estimate of drug-likeness (QED) is 0.774. The summed E-state index contributed by atoms with van der Waals surface area (Å²) >= 11 is 0. The molecule has 0 spiro atoms. The summed E-state index contributed by atoms with van der Waals surface area (Å²) in [5, 5.41) is 4.62. The van der Waals surface area contributed by atoms with Crippen LogP contribution in [0.25, 0.3) is 11.3 Å². The van der Waals surface area contributed by atoms with Crippen LogP contribution in [0.2, 0.25) is 0 Å². The number of aldehydes is 1. The standard InChI is InChI=1S/C21H26N2O2/c1-21(2,3)17-7-9-18(10-8-17)23-20(25)12-11-19(22-23)16-6-4-5-15(13-16)14-24/h4-6,11-14,17-18H,7-10H2,1-3H3. The lowest BCUT2D eigenvalue weighted by molar-refractivity contribution is 0.112. The summed E-state index contributed by atoms with van der Waals surface area (Å²) in [4.78, 5) is 23.3. The summed E-state index contributed by atoms with van der Waals surface area (Å²) < 4.78 is 1.65. The number of carbonyl (C=O) groups excluding carboxylic acids is 1. The highest BCUT2D eigenvalue weighted by atomic mass is 16.1. The van der Waals surface area contributed by atoms with Crippen molar-refractivity contribution in [3.05, 3.63) is 52.3 Å². The zero-order valence-electron chi connectivity index (χ0n) is 15.2. The molecule has 3 rings (SSSR count). The van der Waals surface area contributed by atoms with Gasteiger partial charge in [-0.3, -0.25) is 9.59 Å². The van der Waals surface area contributed by atoms with Crippen LogP contribution in [0.15, 0.2) is 41.2 Å². The van der Waals surface area contributed by atoms with Crippen LogP contribution in [-0.4, -0.2) is 16.1 Å². The van der Waals surface area contributed by atoms with Crippen molar-refractivity contribution in [2.24, 2.45) is 11.3 Å². The summed E-state index contributed by atoms with van der Waals surface area (Å²) in [7, 11) is 0. The molecule has 25 heavy (non-hydrogen) atoms. The fraction of sp³-hybridized carbons (Fsp3) is 0.476. The molecule has 0 N–H and O–H groups in total. The summed E-state index contributed by atoms with van der Waals surface area (Å²) in [5.41, 5.74) is 2.49. The first kappa shape index (κ1) is 17.6. The SMILES string of the molecule is CC(C)(C)C1CCC(n2nc(-c3cccc(C=O)c3)ccc2=O)CC1. The summed E-state index contributed by atoms with van der Waals surface area (Å²) in [6, 6.07) is 10.8. The number of hydrogen-bond acceptors (Lipinski definition) is 3. The molecule has 0 radical (unpaired) electrons. The zero-order chi connectivity index (χ0) is 18.0. The van der Waals surface area contributed by atoms with Crippen LogP contribution >= 0.6 is 0 Å². The molecule has 1 aliphatic rings. The van der Waals surface area contributed by atoms with E-state index >= 15 is 0 Å². The van der Waals surface area contributed by atoms with Gasteiger partial charge in [-0.15, -0.1) is 0 Å². The van der Waals surface area contributed by atoms with Crippen molar-refractivity contribution in [2.45, 2.75) is 52.5 Å². The molecule has 1 heterocycles. The third kappa shape index (κ3) is 3.89. The lowest BCUT2D eigenvalue weighted by Crippen LogP contribution is -2.32. The van der Waals surface area contributed by atoms with E-state index in [0.29, 0.717) is 16.9 Å². The summed E-state index contributed by atoms with van der Waals surface area (Å²) in [6.45, 7) is 6.88. The van der Waals surface area contributed by atoms with Gasteiger partial charge in [-0.1, -0.05) is 39.0 Å². The van der Waals surface area contributed by atoms with Crippen molar-refractivity contribution in [3.63, 3.8) is 0 Å². The molecule has 132 valence electrons. The van der Waals surface area contributed by atoms with Gasteiger partial charge in [0.2, 0.25) is 0 Å². The number of aromatic nitrogens is 2. The molecule has 0 aliphatic heterocycles. The first-order valence-corrected chi connectivity index (χ1v) is 9.04. The van der Waals surface area contributed by atoms with E-state index in [2.05, 4.69) is 25.9 Å².